The summed E-state index contributed by atoms with van der Waals surface area (Å²) in [5, 5.41) is 7.49. The van der Waals surface area contributed by atoms with E-state index in [-0.39, 0.29) is 5.41 Å². The van der Waals surface area contributed by atoms with Crippen LogP contribution in [0.2, 0.25) is 0 Å². The first kappa shape index (κ1) is 30.7. The molecule has 0 spiro atoms. The van der Waals surface area contributed by atoms with Gasteiger partial charge in [0, 0.05) is 16.5 Å². The second kappa shape index (κ2) is 12.2. The highest BCUT2D eigenvalue weighted by Gasteiger charge is 2.35. The van der Waals surface area contributed by atoms with E-state index >= 15 is 0 Å². The van der Waals surface area contributed by atoms with Crippen molar-refractivity contribution in [3.8, 4) is 22.3 Å². The Morgan fingerprint density at radius 3 is 1.90 bits per heavy atom. The van der Waals surface area contributed by atoms with Crippen LogP contribution in [0.15, 0.2) is 174 Å². The first-order valence-electron chi connectivity index (χ1n) is 17.6. The molecule has 1 aliphatic carbocycles. The number of fused-ring (bicyclic) bond motifs is 9. The minimum atomic E-state index is -0.0239. The summed E-state index contributed by atoms with van der Waals surface area (Å²) in [5.74, 6) is 1.06. The fourth-order valence-corrected chi connectivity index (χ4v) is 8.01. The topological polar surface area (TPSA) is 50.7 Å². The summed E-state index contributed by atoms with van der Waals surface area (Å²) in [6.45, 7) is 5.15. The normalized spacial score (nSPS) is 13.8. The molecule has 244 valence electrons. The highest BCUT2D eigenvalue weighted by atomic mass is 15.0. The molecule has 0 bridgehead atoms. The van der Waals surface area contributed by atoms with Gasteiger partial charge >= 0.3 is 0 Å². The molecule has 1 aliphatic rings. The molecule has 3 heteroatoms. The van der Waals surface area contributed by atoms with Gasteiger partial charge in [-0.25, -0.2) is 4.99 Å². The van der Waals surface area contributed by atoms with Crippen LogP contribution < -0.4 is 5.73 Å². The second-order valence-electron chi connectivity index (χ2n) is 14.0. The zero-order chi connectivity index (χ0) is 34.5. The Labute approximate surface area is 298 Å². The van der Waals surface area contributed by atoms with Crippen molar-refractivity contribution in [2.75, 3.05) is 0 Å². The van der Waals surface area contributed by atoms with E-state index in [1.165, 1.54) is 65.7 Å². The summed E-state index contributed by atoms with van der Waals surface area (Å²) in [6, 6.07) is 58.2. The van der Waals surface area contributed by atoms with E-state index in [0.717, 1.165) is 16.7 Å². The molecule has 51 heavy (non-hydrogen) atoms. The summed E-state index contributed by atoms with van der Waals surface area (Å²) in [5.41, 5.74) is 17.3. The van der Waals surface area contributed by atoms with Crippen molar-refractivity contribution in [1.29, 1.82) is 0 Å². The molecule has 8 aromatic carbocycles. The summed E-state index contributed by atoms with van der Waals surface area (Å²) in [4.78, 5) is 9.88. The van der Waals surface area contributed by atoms with Crippen LogP contribution in [0, 0.1) is 0 Å². The number of hydrogen-bond acceptors (Lipinski definition) is 1. The van der Waals surface area contributed by atoms with Crippen LogP contribution in [0.25, 0.3) is 54.6 Å². The lowest BCUT2D eigenvalue weighted by atomic mass is 9.82. The Morgan fingerprint density at radius 1 is 0.510 bits per heavy atom. The van der Waals surface area contributed by atoms with E-state index in [4.69, 9.17) is 15.7 Å². The predicted molar refractivity (Wildman–Crippen MR) is 216 cm³/mol. The highest BCUT2D eigenvalue weighted by molar-refractivity contribution is 6.28. The van der Waals surface area contributed by atoms with E-state index < -0.39 is 0 Å². The van der Waals surface area contributed by atoms with E-state index in [2.05, 4.69) is 117 Å². The van der Waals surface area contributed by atoms with Crippen molar-refractivity contribution in [2.45, 2.75) is 25.8 Å². The number of nitrogens with zero attached hydrogens (tertiary/aromatic N) is 2. The molecule has 3 nitrogen and oxygen atoms in total. The van der Waals surface area contributed by atoms with Crippen LogP contribution in [0.3, 0.4) is 0 Å². The molecule has 0 fully saturated rings. The van der Waals surface area contributed by atoms with Crippen LogP contribution in [0.1, 0.15) is 41.7 Å². The van der Waals surface area contributed by atoms with Crippen molar-refractivity contribution in [3.05, 3.63) is 192 Å². The molecular weight excluding hydrogens is 619 g/mol. The molecule has 0 atom stereocenters. The fraction of sp³-hybridized carbons (Fsp3) is 0.0833. The van der Waals surface area contributed by atoms with E-state index in [1.54, 1.807) is 0 Å². The van der Waals surface area contributed by atoms with Crippen molar-refractivity contribution in [3.63, 3.8) is 0 Å². The average Bonchev–Trinajstić information content (AvgIpc) is 3.42. The first-order chi connectivity index (χ1) is 25.0. The van der Waals surface area contributed by atoms with Crippen LogP contribution in [-0.4, -0.2) is 11.7 Å². The van der Waals surface area contributed by atoms with Gasteiger partial charge in [0.05, 0.1) is 6.54 Å². The summed E-state index contributed by atoms with van der Waals surface area (Å²) >= 11 is 0. The SMILES string of the molecule is CC1(C)c2ccccc2-c2cc(-c3cccc4c5ccccc5c5cc(CN=C(N=C(N)c6ccccc6)c6ccccc6)ccc5c34)ccc21. The molecule has 9 rings (SSSR count). The van der Waals surface area contributed by atoms with Gasteiger partial charge in [0.2, 0.25) is 0 Å². The molecule has 0 aromatic heterocycles. The fourth-order valence-electron chi connectivity index (χ4n) is 8.01. The maximum Gasteiger partial charge on any atom is 0.157 e. The number of benzene rings is 8. The third-order valence-corrected chi connectivity index (χ3v) is 10.6. The van der Waals surface area contributed by atoms with Crippen LogP contribution >= 0.6 is 0 Å². The van der Waals surface area contributed by atoms with E-state index in [1.807, 2.05) is 60.7 Å². The monoisotopic (exact) mass is 655 g/mol. The van der Waals surface area contributed by atoms with Gasteiger partial charge in [-0.3, -0.25) is 4.99 Å². The molecule has 0 unspecified atom stereocenters. The zero-order valence-electron chi connectivity index (χ0n) is 28.8. The molecule has 0 saturated heterocycles. The molecule has 0 aliphatic heterocycles. The van der Waals surface area contributed by atoms with Crippen molar-refractivity contribution < 1.29 is 0 Å². The maximum absolute atomic E-state index is 6.49. The van der Waals surface area contributed by atoms with Gasteiger partial charge in [-0.15, -0.1) is 0 Å². The molecule has 0 heterocycles. The van der Waals surface area contributed by atoms with Gasteiger partial charge in [0.25, 0.3) is 0 Å². The van der Waals surface area contributed by atoms with Gasteiger partial charge in [-0.1, -0.05) is 166 Å². The van der Waals surface area contributed by atoms with Crippen molar-refractivity contribution in [2.24, 2.45) is 15.7 Å². The van der Waals surface area contributed by atoms with Gasteiger partial charge in [0.15, 0.2) is 5.84 Å². The zero-order valence-corrected chi connectivity index (χ0v) is 28.8. The third-order valence-electron chi connectivity index (χ3n) is 10.6. The number of amidine groups is 2. The second-order valence-corrected chi connectivity index (χ2v) is 14.0. The Morgan fingerprint density at radius 2 is 1.12 bits per heavy atom. The van der Waals surface area contributed by atoms with Gasteiger partial charge in [0.1, 0.15) is 5.84 Å². The minimum absolute atomic E-state index is 0.0239. The lowest BCUT2D eigenvalue weighted by molar-refractivity contribution is 0.660. The maximum atomic E-state index is 6.49. The molecule has 8 aromatic rings. The average molecular weight is 656 g/mol. The quantitative estimate of drug-likeness (QED) is 0.112. The van der Waals surface area contributed by atoms with Gasteiger partial charge in [-0.2, -0.15) is 0 Å². The highest BCUT2D eigenvalue weighted by Crippen LogP contribution is 2.50. The molecule has 0 saturated carbocycles. The van der Waals surface area contributed by atoms with Gasteiger partial charge in [-0.05, 0) is 83.4 Å². The molecule has 0 amide bonds. The van der Waals surface area contributed by atoms with Gasteiger partial charge < -0.3 is 5.73 Å². The van der Waals surface area contributed by atoms with Crippen molar-refractivity contribution >= 4 is 44.0 Å². The molecule has 2 N–H and O–H groups in total. The number of aliphatic imine (C=N–C) groups is 2. The first-order valence-corrected chi connectivity index (χ1v) is 17.6. The lowest BCUT2D eigenvalue weighted by Crippen LogP contribution is -2.16. The van der Waals surface area contributed by atoms with Crippen LogP contribution in [-0.2, 0) is 12.0 Å². The van der Waals surface area contributed by atoms with Crippen LogP contribution in [0.5, 0.6) is 0 Å². The predicted octanol–water partition coefficient (Wildman–Crippen LogP) is 11.5. The Balaban J connectivity index is 1.19. The Hall–Kier alpha value is -6.32. The third kappa shape index (κ3) is 5.21. The standard InChI is InChI=1S/C48H37N3/c1-48(2)43-23-12-11-20-38(43)42-29-34(25-27-44(42)48)35-21-13-22-39-36-18-9-10-19-37(36)41-28-31(24-26-40(41)45(35)39)30-50-47(33-16-7-4-8-17-33)51-46(49)32-14-5-3-6-15-32/h3-29H,30H2,1-2H3,(H2,49,50,51). The van der Waals surface area contributed by atoms with E-state index in [0.29, 0.717) is 18.2 Å². The number of rotatable bonds is 5. The Bertz CT molecular complexity index is 2690. The van der Waals surface area contributed by atoms with E-state index in [9.17, 15) is 0 Å². The van der Waals surface area contributed by atoms with Crippen molar-refractivity contribution in [1.82, 2.24) is 0 Å². The molecular formula is C48H37N3. The summed E-state index contributed by atoms with van der Waals surface area (Å²) < 4.78 is 0. The largest absolute Gasteiger partial charge is 0.383 e. The van der Waals surface area contributed by atoms with Crippen LogP contribution in [0.4, 0.5) is 0 Å². The smallest absolute Gasteiger partial charge is 0.157 e. The number of nitrogens with two attached hydrogens (primary N) is 1. The molecule has 0 radical (unpaired) electrons. The lowest BCUT2D eigenvalue weighted by Gasteiger charge is -2.21. The number of hydrogen-bond donors (Lipinski definition) is 1. The minimum Gasteiger partial charge on any atom is -0.383 e. The Kier molecular flexibility index (Phi) is 7.36. The summed E-state index contributed by atoms with van der Waals surface area (Å²) in [7, 11) is 0. The summed E-state index contributed by atoms with van der Waals surface area (Å²) in [6.07, 6.45) is 0.